The van der Waals surface area contributed by atoms with E-state index in [2.05, 4.69) is 21.9 Å². The quantitative estimate of drug-likeness (QED) is 0.756. The molecule has 1 saturated heterocycles. The van der Waals surface area contributed by atoms with E-state index in [1.807, 2.05) is 24.0 Å². The normalized spacial score (nSPS) is 20.6. The number of imidazole rings is 1. The van der Waals surface area contributed by atoms with Crippen molar-refractivity contribution in [1.29, 1.82) is 0 Å². The lowest BCUT2D eigenvalue weighted by molar-refractivity contribution is 0.0513. The van der Waals surface area contributed by atoms with Crippen LogP contribution in [0.4, 0.5) is 0 Å². The van der Waals surface area contributed by atoms with E-state index in [-0.39, 0.29) is 17.6 Å². The first-order chi connectivity index (χ1) is 12.5. The number of pyridine rings is 1. The number of rotatable bonds is 3. The van der Waals surface area contributed by atoms with Gasteiger partial charge in [-0.2, -0.15) is 0 Å². The molecule has 0 bridgehead atoms. The topological polar surface area (TPSA) is 95.0 Å². The van der Waals surface area contributed by atoms with Crippen molar-refractivity contribution >= 4 is 17.1 Å². The zero-order valence-electron chi connectivity index (χ0n) is 14.9. The molecule has 3 aromatic rings. The minimum Gasteiger partial charge on any atom is -0.464 e. The van der Waals surface area contributed by atoms with Crippen molar-refractivity contribution in [3.8, 4) is 0 Å². The fourth-order valence-corrected chi connectivity index (χ4v) is 3.60. The summed E-state index contributed by atoms with van der Waals surface area (Å²) < 4.78 is 5.94. The average Bonchev–Trinajstić information content (AvgIpc) is 3.25. The number of H-pyrrole nitrogens is 2. The van der Waals surface area contributed by atoms with Gasteiger partial charge in [-0.1, -0.05) is 13.8 Å². The van der Waals surface area contributed by atoms with Crippen LogP contribution in [0.5, 0.6) is 0 Å². The fraction of sp³-hybridized carbons (Fsp3) is 0.421. The minimum absolute atomic E-state index is 0.0886. The molecule has 1 aliphatic rings. The maximum atomic E-state index is 13.1. The van der Waals surface area contributed by atoms with Crippen LogP contribution in [0.15, 0.2) is 33.5 Å². The number of hydrogen-bond donors (Lipinski definition) is 2. The molecule has 4 heterocycles. The summed E-state index contributed by atoms with van der Waals surface area (Å²) in [6, 6.07) is 7.23. The second-order valence-electron chi connectivity index (χ2n) is 6.97. The molecule has 4 rings (SSSR count). The van der Waals surface area contributed by atoms with Gasteiger partial charge in [0.25, 0.3) is 5.91 Å². The van der Waals surface area contributed by atoms with Crippen molar-refractivity contribution in [2.24, 2.45) is 5.92 Å². The number of likely N-dealkylation sites (tertiary alicyclic amines) is 1. The highest BCUT2D eigenvalue weighted by molar-refractivity contribution is 5.94. The molecule has 1 fully saturated rings. The Morgan fingerprint density at radius 3 is 2.92 bits per heavy atom. The van der Waals surface area contributed by atoms with Crippen LogP contribution in [0.3, 0.4) is 0 Å². The number of aromatic amines is 2. The molecular formula is C19H22N4O3. The number of nitrogens with one attached hydrogen (secondary N) is 2. The molecule has 3 aromatic heterocycles. The lowest BCUT2D eigenvalue weighted by Gasteiger charge is -2.37. The molecule has 0 spiro atoms. The first-order valence-corrected chi connectivity index (χ1v) is 9.03. The number of nitrogens with zero attached hydrogens (tertiary/aromatic N) is 2. The van der Waals surface area contributed by atoms with Gasteiger partial charge in [0.1, 0.15) is 17.2 Å². The summed E-state index contributed by atoms with van der Waals surface area (Å²) in [6.07, 6.45) is 2.65. The Morgan fingerprint density at radius 2 is 2.15 bits per heavy atom. The van der Waals surface area contributed by atoms with Crippen molar-refractivity contribution in [3.63, 3.8) is 0 Å². The molecule has 7 heteroatoms. The number of carbonyl (C=O) groups is 1. The van der Waals surface area contributed by atoms with Gasteiger partial charge in [0.2, 0.25) is 0 Å². The summed E-state index contributed by atoms with van der Waals surface area (Å²) in [5.41, 5.74) is 0.988. The first-order valence-electron chi connectivity index (χ1n) is 9.03. The SMILES string of the molecule is CCc1ccc(C2CC(C)CCN2C(=O)c2ccc3[nH]c(=O)[nH]c3n2)o1. The highest BCUT2D eigenvalue weighted by Gasteiger charge is 2.34. The number of aromatic nitrogens is 3. The second kappa shape index (κ2) is 6.48. The first kappa shape index (κ1) is 16.6. The Hall–Kier alpha value is -2.83. The predicted molar refractivity (Wildman–Crippen MR) is 97.0 cm³/mol. The van der Waals surface area contributed by atoms with Crippen LogP contribution in [0.25, 0.3) is 11.2 Å². The molecule has 136 valence electrons. The van der Waals surface area contributed by atoms with Crippen LogP contribution in [0.2, 0.25) is 0 Å². The third-order valence-electron chi connectivity index (χ3n) is 5.08. The lowest BCUT2D eigenvalue weighted by Crippen LogP contribution is -2.40. The van der Waals surface area contributed by atoms with Crippen LogP contribution in [0.1, 0.15) is 54.7 Å². The summed E-state index contributed by atoms with van der Waals surface area (Å²) in [4.78, 5) is 36.0. The lowest BCUT2D eigenvalue weighted by atomic mass is 9.91. The molecule has 2 atom stereocenters. The number of hydrogen-bond acceptors (Lipinski definition) is 4. The summed E-state index contributed by atoms with van der Waals surface area (Å²) in [6.45, 7) is 4.91. The number of amides is 1. The van der Waals surface area contributed by atoms with Crippen LogP contribution in [-0.4, -0.2) is 32.3 Å². The van der Waals surface area contributed by atoms with Gasteiger partial charge in [0.15, 0.2) is 5.65 Å². The molecule has 2 N–H and O–H groups in total. The smallest absolute Gasteiger partial charge is 0.325 e. The summed E-state index contributed by atoms with van der Waals surface area (Å²) in [5, 5.41) is 0. The van der Waals surface area contributed by atoms with E-state index < -0.39 is 0 Å². The zero-order chi connectivity index (χ0) is 18.3. The van der Waals surface area contributed by atoms with E-state index in [9.17, 15) is 9.59 Å². The monoisotopic (exact) mass is 354 g/mol. The zero-order valence-corrected chi connectivity index (χ0v) is 14.9. The molecule has 26 heavy (non-hydrogen) atoms. The predicted octanol–water partition coefficient (Wildman–Crippen LogP) is 3.02. The largest absolute Gasteiger partial charge is 0.464 e. The molecule has 7 nitrogen and oxygen atoms in total. The number of furan rings is 1. The Balaban J connectivity index is 1.67. The number of piperidine rings is 1. The van der Waals surface area contributed by atoms with Crippen molar-refractivity contribution in [1.82, 2.24) is 19.9 Å². The maximum absolute atomic E-state index is 13.1. The van der Waals surface area contributed by atoms with Crippen molar-refractivity contribution < 1.29 is 9.21 Å². The Labute approximate surface area is 150 Å². The van der Waals surface area contributed by atoms with Crippen molar-refractivity contribution in [3.05, 3.63) is 52.0 Å². The van der Waals surface area contributed by atoms with E-state index >= 15 is 0 Å². The standard InChI is InChI=1S/C19H22N4O3/c1-3-12-4-7-16(26-12)15-10-11(2)8-9-23(15)18(24)14-6-5-13-17(20-14)22-19(25)21-13/h4-7,11,15H,3,8-10H2,1-2H3,(H2,20,21,22,25). The van der Waals surface area contributed by atoms with E-state index in [0.29, 0.717) is 29.3 Å². The van der Waals surface area contributed by atoms with Crippen molar-refractivity contribution in [2.45, 2.75) is 39.2 Å². The van der Waals surface area contributed by atoms with E-state index in [0.717, 1.165) is 30.8 Å². The third-order valence-corrected chi connectivity index (χ3v) is 5.08. The summed E-state index contributed by atoms with van der Waals surface area (Å²) in [5.74, 6) is 2.14. The molecule has 0 radical (unpaired) electrons. The number of carbonyl (C=O) groups excluding carboxylic acids is 1. The molecule has 0 aromatic carbocycles. The average molecular weight is 354 g/mol. The number of aryl methyl sites for hydroxylation is 1. The van der Waals surface area contributed by atoms with Crippen molar-refractivity contribution in [2.75, 3.05) is 6.54 Å². The van der Waals surface area contributed by atoms with Gasteiger partial charge >= 0.3 is 5.69 Å². The van der Waals surface area contributed by atoms with Gasteiger partial charge in [-0.25, -0.2) is 9.78 Å². The maximum Gasteiger partial charge on any atom is 0.325 e. The van der Waals surface area contributed by atoms with Crippen LogP contribution < -0.4 is 5.69 Å². The van der Waals surface area contributed by atoms with Gasteiger partial charge in [-0.15, -0.1) is 0 Å². The molecule has 1 amide bonds. The van der Waals surface area contributed by atoms with Gasteiger partial charge in [-0.05, 0) is 43.0 Å². The molecule has 0 saturated carbocycles. The van der Waals surface area contributed by atoms with Gasteiger partial charge in [0, 0.05) is 13.0 Å². The van der Waals surface area contributed by atoms with Crippen LogP contribution in [0, 0.1) is 5.92 Å². The Bertz CT molecular complexity index is 1000. The third kappa shape index (κ3) is 2.94. The Kier molecular flexibility index (Phi) is 4.14. The Morgan fingerprint density at radius 1 is 1.31 bits per heavy atom. The highest BCUT2D eigenvalue weighted by Crippen LogP contribution is 2.35. The second-order valence-corrected chi connectivity index (χ2v) is 6.97. The minimum atomic E-state index is -0.329. The van der Waals surface area contributed by atoms with Crippen LogP contribution >= 0.6 is 0 Å². The van der Waals surface area contributed by atoms with Gasteiger partial charge in [-0.3, -0.25) is 9.78 Å². The molecular weight excluding hydrogens is 332 g/mol. The van der Waals surface area contributed by atoms with E-state index in [1.54, 1.807) is 12.1 Å². The molecule has 2 unspecified atom stereocenters. The van der Waals surface area contributed by atoms with Crippen LogP contribution in [-0.2, 0) is 6.42 Å². The molecule has 1 aliphatic heterocycles. The fourth-order valence-electron chi connectivity index (χ4n) is 3.60. The summed E-state index contributed by atoms with van der Waals surface area (Å²) in [7, 11) is 0. The van der Waals surface area contributed by atoms with Gasteiger partial charge in [0.05, 0.1) is 11.6 Å². The highest BCUT2D eigenvalue weighted by atomic mass is 16.3. The summed E-state index contributed by atoms with van der Waals surface area (Å²) >= 11 is 0. The molecule has 0 aliphatic carbocycles. The van der Waals surface area contributed by atoms with E-state index in [4.69, 9.17) is 4.42 Å². The van der Waals surface area contributed by atoms with E-state index in [1.165, 1.54) is 0 Å². The van der Waals surface area contributed by atoms with Gasteiger partial charge < -0.3 is 14.3 Å². The number of fused-ring (bicyclic) bond motifs is 1.